The fourth-order valence-corrected chi connectivity index (χ4v) is 3.86. The quantitative estimate of drug-likeness (QED) is 0.441. The lowest BCUT2D eigenvalue weighted by molar-refractivity contribution is 0.222. The molecule has 0 saturated heterocycles. The Kier molecular flexibility index (Phi) is 5.81. The first kappa shape index (κ1) is 20.2. The van der Waals surface area contributed by atoms with E-state index in [1.165, 1.54) is 12.1 Å². The number of rotatable bonds is 7. The SMILES string of the molecule is Fc1cccc(Nc2noc3c2CN(Cc2ccccc2OCc2cccnc2)CC3)c1. The van der Waals surface area contributed by atoms with E-state index in [1.54, 1.807) is 18.3 Å². The van der Waals surface area contributed by atoms with Crippen LogP contribution >= 0.6 is 0 Å². The average Bonchev–Trinajstić information content (AvgIpc) is 3.21. The third-order valence-electron chi connectivity index (χ3n) is 5.48. The van der Waals surface area contributed by atoms with Crippen molar-refractivity contribution in [3.63, 3.8) is 0 Å². The molecule has 0 atom stereocenters. The van der Waals surface area contributed by atoms with Crippen molar-refractivity contribution in [3.05, 3.63) is 101 Å². The number of aromatic nitrogens is 2. The molecule has 32 heavy (non-hydrogen) atoms. The third kappa shape index (κ3) is 4.63. The zero-order chi connectivity index (χ0) is 21.8. The van der Waals surface area contributed by atoms with Gasteiger partial charge in [-0.05, 0) is 30.3 Å². The molecule has 0 fully saturated rings. The molecular weight excluding hydrogens is 407 g/mol. The highest BCUT2D eigenvalue weighted by molar-refractivity contribution is 5.60. The van der Waals surface area contributed by atoms with Gasteiger partial charge in [0, 0.05) is 55.3 Å². The molecule has 7 heteroatoms. The van der Waals surface area contributed by atoms with Crippen molar-refractivity contribution < 1.29 is 13.7 Å². The zero-order valence-electron chi connectivity index (χ0n) is 17.5. The Hall–Kier alpha value is -3.71. The summed E-state index contributed by atoms with van der Waals surface area (Å²) in [5.74, 6) is 2.08. The highest BCUT2D eigenvalue weighted by atomic mass is 19.1. The highest BCUT2D eigenvalue weighted by Gasteiger charge is 2.25. The van der Waals surface area contributed by atoms with Gasteiger partial charge in [-0.1, -0.05) is 35.5 Å². The van der Waals surface area contributed by atoms with E-state index in [-0.39, 0.29) is 5.82 Å². The number of fused-ring (bicyclic) bond motifs is 1. The average molecular weight is 430 g/mol. The first-order valence-corrected chi connectivity index (χ1v) is 10.6. The number of hydrogen-bond acceptors (Lipinski definition) is 6. The lowest BCUT2D eigenvalue weighted by Gasteiger charge is -2.27. The summed E-state index contributed by atoms with van der Waals surface area (Å²) in [7, 11) is 0. The van der Waals surface area contributed by atoms with Gasteiger partial charge in [-0.25, -0.2) is 4.39 Å². The summed E-state index contributed by atoms with van der Waals surface area (Å²) in [6.45, 7) is 2.77. The first-order chi connectivity index (χ1) is 15.7. The van der Waals surface area contributed by atoms with E-state index in [1.807, 2.05) is 36.5 Å². The molecule has 0 aliphatic carbocycles. The Morgan fingerprint density at radius 2 is 2.03 bits per heavy atom. The molecule has 0 unspecified atom stereocenters. The van der Waals surface area contributed by atoms with Crippen molar-refractivity contribution in [1.29, 1.82) is 0 Å². The van der Waals surface area contributed by atoms with E-state index in [0.717, 1.165) is 47.7 Å². The monoisotopic (exact) mass is 430 g/mol. The van der Waals surface area contributed by atoms with Crippen LogP contribution in [0.1, 0.15) is 22.5 Å². The van der Waals surface area contributed by atoms with Gasteiger partial charge < -0.3 is 14.6 Å². The molecular formula is C25H23FN4O2. The van der Waals surface area contributed by atoms with E-state index < -0.39 is 0 Å². The van der Waals surface area contributed by atoms with Gasteiger partial charge in [-0.2, -0.15) is 0 Å². The molecule has 2 aromatic carbocycles. The highest BCUT2D eigenvalue weighted by Crippen LogP contribution is 2.30. The second-order valence-corrected chi connectivity index (χ2v) is 7.79. The van der Waals surface area contributed by atoms with Gasteiger partial charge >= 0.3 is 0 Å². The number of pyridine rings is 1. The summed E-state index contributed by atoms with van der Waals surface area (Å²) in [6, 6.07) is 18.3. The van der Waals surface area contributed by atoms with Gasteiger partial charge in [0.15, 0.2) is 5.82 Å². The number of para-hydroxylation sites is 1. The van der Waals surface area contributed by atoms with Crippen LogP contribution < -0.4 is 10.1 Å². The van der Waals surface area contributed by atoms with Gasteiger partial charge in [-0.15, -0.1) is 0 Å². The molecule has 1 aliphatic rings. The summed E-state index contributed by atoms with van der Waals surface area (Å²) in [6.07, 6.45) is 4.34. The fraction of sp³-hybridized carbons (Fsp3) is 0.200. The lowest BCUT2D eigenvalue weighted by Crippen LogP contribution is -2.29. The number of hydrogen-bond donors (Lipinski definition) is 1. The Labute approximate surface area is 185 Å². The maximum atomic E-state index is 13.5. The summed E-state index contributed by atoms with van der Waals surface area (Å²) in [4.78, 5) is 6.48. The van der Waals surface area contributed by atoms with Crippen molar-refractivity contribution in [1.82, 2.24) is 15.0 Å². The summed E-state index contributed by atoms with van der Waals surface area (Å²) >= 11 is 0. The number of nitrogens with zero attached hydrogens (tertiary/aromatic N) is 3. The van der Waals surface area contributed by atoms with E-state index >= 15 is 0 Å². The third-order valence-corrected chi connectivity index (χ3v) is 5.48. The minimum Gasteiger partial charge on any atom is -0.489 e. The van der Waals surface area contributed by atoms with Crippen molar-refractivity contribution in [2.24, 2.45) is 0 Å². The fourth-order valence-electron chi connectivity index (χ4n) is 3.86. The van der Waals surface area contributed by atoms with Crippen LogP contribution in [0.2, 0.25) is 0 Å². The molecule has 0 spiro atoms. The molecule has 0 saturated carbocycles. The van der Waals surface area contributed by atoms with E-state index in [4.69, 9.17) is 9.26 Å². The minimum atomic E-state index is -0.295. The predicted octanol–water partition coefficient (Wildman–Crippen LogP) is 5.09. The van der Waals surface area contributed by atoms with Crippen LogP contribution in [0.4, 0.5) is 15.9 Å². The molecule has 0 amide bonds. The molecule has 0 radical (unpaired) electrons. The molecule has 5 rings (SSSR count). The van der Waals surface area contributed by atoms with Crippen LogP contribution in [0.25, 0.3) is 0 Å². The molecule has 4 aromatic rings. The standard InChI is InChI=1S/C25H23FN4O2/c26-20-7-3-8-21(13-20)28-25-22-16-30(12-10-24(22)32-29-25)15-19-6-1-2-9-23(19)31-17-18-5-4-11-27-14-18/h1-9,11,13-14H,10,12,15-17H2,(H,28,29). The van der Waals surface area contributed by atoms with Crippen molar-refractivity contribution in [3.8, 4) is 5.75 Å². The smallest absolute Gasteiger partial charge is 0.178 e. The molecule has 2 aromatic heterocycles. The first-order valence-electron chi connectivity index (χ1n) is 10.6. The number of ether oxygens (including phenoxy) is 1. The second-order valence-electron chi connectivity index (χ2n) is 7.79. The van der Waals surface area contributed by atoms with E-state index in [0.29, 0.717) is 24.7 Å². The molecule has 1 N–H and O–H groups in total. The van der Waals surface area contributed by atoms with Crippen molar-refractivity contribution in [2.75, 3.05) is 11.9 Å². The van der Waals surface area contributed by atoms with Crippen molar-refractivity contribution in [2.45, 2.75) is 26.1 Å². The molecule has 162 valence electrons. The normalized spacial score (nSPS) is 13.5. The van der Waals surface area contributed by atoms with Crippen LogP contribution in [-0.4, -0.2) is 21.6 Å². The molecule has 3 heterocycles. The number of benzene rings is 2. The van der Waals surface area contributed by atoms with Gasteiger partial charge in [0.25, 0.3) is 0 Å². The number of halogens is 1. The topological polar surface area (TPSA) is 63.4 Å². The van der Waals surface area contributed by atoms with Crippen LogP contribution in [0.3, 0.4) is 0 Å². The Morgan fingerprint density at radius 1 is 1.09 bits per heavy atom. The number of anilines is 2. The van der Waals surface area contributed by atoms with Crippen molar-refractivity contribution >= 4 is 11.5 Å². The summed E-state index contributed by atoms with van der Waals surface area (Å²) in [5.41, 5.74) is 3.81. The largest absolute Gasteiger partial charge is 0.489 e. The van der Waals surface area contributed by atoms with E-state index in [9.17, 15) is 4.39 Å². The van der Waals surface area contributed by atoms with Gasteiger partial charge in [-0.3, -0.25) is 9.88 Å². The summed E-state index contributed by atoms with van der Waals surface area (Å²) in [5, 5.41) is 7.36. The Balaban J connectivity index is 1.28. The molecule has 0 bridgehead atoms. The predicted molar refractivity (Wildman–Crippen MR) is 119 cm³/mol. The van der Waals surface area contributed by atoms with Gasteiger partial charge in [0.05, 0.1) is 5.56 Å². The number of nitrogens with one attached hydrogen (secondary N) is 1. The lowest BCUT2D eigenvalue weighted by atomic mass is 10.1. The zero-order valence-corrected chi connectivity index (χ0v) is 17.5. The molecule has 1 aliphatic heterocycles. The second kappa shape index (κ2) is 9.20. The van der Waals surface area contributed by atoms with Crippen LogP contribution in [0, 0.1) is 5.82 Å². The molecule has 6 nitrogen and oxygen atoms in total. The van der Waals surface area contributed by atoms with Crippen LogP contribution in [0.5, 0.6) is 5.75 Å². The minimum absolute atomic E-state index is 0.295. The maximum Gasteiger partial charge on any atom is 0.178 e. The Morgan fingerprint density at radius 3 is 2.91 bits per heavy atom. The summed E-state index contributed by atoms with van der Waals surface area (Å²) < 4.78 is 25.2. The maximum absolute atomic E-state index is 13.5. The Bertz CT molecular complexity index is 1200. The van der Waals surface area contributed by atoms with Crippen LogP contribution in [-0.2, 0) is 26.1 Å². The van der Waals surface area contributed by atoms with Gasteiger partial charge in [0.1, 0.15) is 23.9 Å². The van der Waals surface area contributed by atoms with Gasteiger partial charge in [0.2, 0.25) is 0 Å². The van der Waals surface area contributed by atoms with E-state index in [2.05, 4.69) is 26.4 Å². The van der Waals surface area contributed by atoms with Crippen LogP contribution in [0.15, 0.2) is 77.6 Å².